The molecule has 0 radical (unpaired) electrons. The Balaban J connectivity index is 1.46. The van der Waals surface area contributed by atoms with Gasteiger partial charge in [0, 0.05) is 12.5 Å². The van der Waals surface area contributed by atoms with Crippen molar-refractivity contribution in [3.63, 3.8) is 0 Å². The summed E-state index contributed by atoms with van der Waals surface area (Å²) in [7, 11) is 0. The maximum Gasteiger partial charge on any atom is 0.144 e. The standard InChI is InChI=1S/C22H39N3O3/c1-21(2)18-9-10-22(3,28-21)20(19(18)25-13-5-4-6-14-25)23-27-16-17(26)15-24-11-7-8-12-24/h17-19,26H,4-16H2,1-3H3/b23-20+/t17?,18-,19-,22+/m1/s1. The van der Waals surface area contributed by atoms with Gasteiger partial charge < -0.3 is 19.6 Å². The van der Waals surface area contributed by atoms with E-state index >= 15 is 0 Å². The minimum atomic E-state index is -0.484. The van der Waals surface area contributed by atoms with Crippen molar-refractivity contribution >= 4 is 5.71 Å². The molecule has 0 spiro atoms. The van der Waals surface area contributed by atoms with Crippen molar-refractivity contribution in [2.45, 2.75) is 89.1 Å². The number of β-amino-alcohol motifs (C(OH)–C–C–N with tert-alkyl or cyclic N) is 1. The molecule has 0 aromatic carbocycles. The fourth-order valence-corrected chi connectivity index (χ4v) is 5.99. The molecule has 4 heterocycles. The average molecular weight is 394 g/mol. The lowest BCUT2D eigenvalue weighted by atomic mass is 9.64. The Morgan fingerprint density at radius 1 is 1.11 bits per heavy atom. The molecular formula is C22H39N3O3. The highest BCUT2D eigenvalue weighted by atomic mass is 16.6. The predicted octanol–water partition coefficient (Wildman–Crippen LogP) is 2.65. The highest BCUT2D eigenvalue weighted by Gasteiger charge is 2.59. The molecule has 1 N–H and O–H groups in total. The van der Waals surface area contributed by atoms with Gasteiger partial charge in [-0.3, -0.25) is 4.90 Å². The van der Waals surface area contributed by atoms with Crippen molar-refractivity contribution in [1.29, 1.82) is 0 Å². The van der Waals surface area contributed by atoms with E-state index in [4.69, 9.17) is 9.57 Å². The van der Waals surface area contributed by atoms with Gasteiger partial charge in [0.15, 0.2) is 0 Å². The summed E-state index contributed by atoms with van der Waals surface area (Å²) >= 11 is 0. The Kier molecular flexibility index (Phi) is 6.03. The Bertz CT molecular complexity index is 569. The number of ether oxygens (including phenoxy) is 1. The van der Waals surface area contributed by atoms with Crippen LogP contribution in [0.3, 0.4) is 0 Å². The molecule has 1 aliphatic carbocycles. The van der Waals surface area contributed by atoms with Crippen LogP contribution in [0.1, 0.15) is 65.7 Å². The Morgan fingerprint density at radius 2 is 1.79 bits per heavy atom. The van der Waals surface area contributed by atoms with Crippen LogP contribution in [-0.2, 0) is 9.57 Å². The van der Waals surface area contributed by atoms with E-state index in [1.807, 2.05) is 0 Å². The van der Waals surface area contributed by atoms with Crippen LogP contribution in [0.5, 0.6) is 0 Å². The van der Waals surface area contributed by atoms with Crippen LogP contribution in [-0.4, -0.2) is 83.3 Å². The zero-order chi connectivity index (χ0) is 19.8. The molecule has 28 heavy (non-hydrogen) atoms. The molecule has 6 nitrogen and oxygen atoms in total. The third-order valence-corrected chi connectivity index (χ3v) is 7.40. The van der Waals surface area contributed by atoms with Crippen molar-refractivity contribution in [1.82, 2.24) is 9.80 Å². The van der Waals surface area contributed by atoms with E-state index in [9.17, 15) is 5.11 Å². The first-order chi connectivity index (χ1) is 13.4. The fraction of sp³-hybridized carbons (Fsp3) is 0.955. The van der Waals surface area contributed by atoms with Crippen LogP contribution in [0.15, 0.2) is 5.16 Å². The molecule has 0 aromatic heterocycles. The summed E-state index contributed by atoms with van der Waals surface area (Å²) in [4.78, 5) is 10.7. The van der Waals surface area contributed by atoms with E-state index in [1.54, 1.807) is 0 Å². The van der Waals surface area contributed by atoms with E-state index < -0.39 is 6.10 Å². The molecule has 2 bridgehead atoms. The summed E-state index contributed by atoms with van der Waals surface area (Å²) in [6, 6.07) is 0.304. The average Bonchev–Trinajstić information content (AvgIpc) is 3.15. The second-order valence-electron chi connectivity index (χ2n) is 10.1. The monoisotopic (exact) mass is 393 g/mol. The minimum absolute atomic E-state index is 0.136. The lowest BCUT2D eigenvalue weighted by Crippen LogP contribution is -2.70. The molecule has 5 rings (SSSR count). The van der Waals surface area contributed by atoms with E-state index in [-0.39, 0.29) is 17.8 Å². The summed E-state index contributed by atoms with van der Waals surface area (Å²) in [5.41, 5.74) is 0.558. The maximum absolute atomic E-state index is 10.4. The number of hydrogen-bond acceptors (Lipinski definition) is 6. The first kappa shape index (κ1) is 20.6. The van der Waals surface area contributed by atoms with Crippen LogP contribution >= 0.6 is 0 Å². The molecule has 6 heteroatoms. The number of nitrogens with zero attached hydrogens (tertiary/aromatic N) is 3. The maximum atomic E-state index is 10.4. The summed E-state index contributed by atoms with van der Waals surface area (Å²) in [5.74, 6) is 0.448. The van der Waals surface area contributed by atoms with Gasteiger partial charge in [0.05, 0.1) is 11.6 Å². The molecule has 1 saturated carbocycles. The topological polar surface area (TPSA) is 57.5 Å². The van der Waals surface area contributed by atoms with Crippen molar-refractivity contribution < 1.29 is 14.7 Å². The lowest BCUT2D eigenvalue weighted by molar-refractivity contribution is -0.197. The van der Waals surface area contributed by atoms with E-state index in [2.05, 4.69) is 35.7 Å². The van der Waals surface area contributed by atoms with Crippen molar-refractivity contribution in [3.8, 4) is 0 Å². The lowest BCUT2D eigenvalue weighted by Gasteiger charge is -2.60. The number of piperidine rings is 1. The zero-order valence-corrected chi connectivity index (χ0v) is 18.0. The van der Waals surface area contributed by atoms with E-state index in [1.165, 1.54) is 38.5 Å². The number of likely N-dealkylation sites (tertiary alicyclic amines) is 2. The number of aliphatic hydroxyl groups excluding tert-OH is 1. The van der Waals surface area contributed by atoms with Crippen molar-refractivity contribution in [2.24, 2.45) is 11.1 Å². The Morgan fingerprint density at radius 3 is 2.46 bits per heavy atom. The first-order valence-corrected chi connectivity index (χ1v) is 11.4. The Hall–Kier alpha value is -0.690. The third-order valence-electron chi connectivity index (χ3n) is 7.40. The smallest absolute Gasteiger partial charge is 0.144 e. The summed E-state index contributed by atoms with van der Waals surface area (Å²) in [6.45, 7) is 12.1. The summed E-state index contributed by atoms with van der Waals surface area (Å²) < 4.78 is 6.55. The zero-order valence-electron chi connectivity index (χ0n) is 18.0. The van der Waals surface area contributed by atoms with Gasteiger partial charge in [-0.15, -0.1) is 0 Å². The van der Waals surface area contributed by atoms with Gasteiger partial charge >= 0.3 is 0 Å². The fourth-order valence-electron chi connectivity index (χ4n) is 5.99. The van der Waals surface area contributed by atoms with Crippen LogP contribution < -0.4 is 0 Å². The largest absolute Gasteiger partial charge is 0.393 e. The number of hydrogen-bond donors (Lipinski definition) is 1. The number of fused-ring (bicyclic) bond motifs is 3. The van der Waals surface area contributed by atoms with Gasteiger partial charge in [0.25, 0.3) is 0 Å². The molecule has 4 saturated heterocycles. The van der Waals surface area contributed by atoms with Gasteiger partial charge in [-0.25, -0.2) is 0 Å². The minimum Gasteiger partial charge on any atom is -0.393 e. The van der Waals surface area contributed by atoms with Gasteiger partial charge in [-0.1, -0.05) is 11.6 Å². The number of rotatable bonds is 6. The normalized spacial score (nSPS) is 38.8. The molecular weight excluding hydrogens is 354 g/mol. The second-order valence-corrected chi connectivity index (χ2v) is 10.1. The van der Waals surface area contributed by atoms with Gasteiger partial charge in [-0.05, 0) is 85.5 Å². The van der Waals surface area contributed by atoms with Crippen LogP contribution in [0.2, 0.25) is 0 Å². The highest BCUT2D eigenvalue weighted by Crippen LogP contribution is 2.50. The van der Waals surface area contributed by atoms with Crippen LogP contribution in [0.4, 0.5) is 0 Å². The van der Waals surface area contributed by atoms with Crippen LogP contribution in [0, 0.1) is 5.92 Å². The van der Waals surface area contributed by atoms with Crippen LogP contribution in [0.25, 0.3) is 0 Å². The third kappa shape index (κ3) is 4.11. The van der Waals surface area contributed by atoms with Gasteiger partial charge in [-0.2, -0.15) is 0 Å². The van der Waals surface area contributed by atoms with E-state index in [0.717, 1.165) is 38.3 Å². The molecule has 1 unspecified atom stereocenters. The van der Waals surface area contributed by atoms with Crippen molar-refractivity contribution in [2.75, 3.05) is 39.3 Å². The number of oxime groups is 1. The molecule has 160 valence electrons. The van der Waals surface area contributed by atoms with E-state index in [0.29, 0.717) is 18.5 Å². The van der Waals surface area contributed by atoms with Gasteiger partial charge in [0.2, 0.25) is 0 Å². The molecule has 0 aromatic rings. The number of aliphatic hydroxyl groups is 1. The Labute approximate surface area is 170 Å². The highest BCUT2D eigenvalue weighted by molar-refractivity contribution is 5.98. The SMILES string of the molecule is CC1(C)O[C@@]2(C)CC[C@@H]1[C@@H](N1CCCCC1)/C2=N\OCC(O)CN1CCCC1. The molecule has 5 aliphatic rings. The second kappa shape index (κ2) is 8.21. The molecule has 5 fully saturated rings. The predicted molar refractivity (Wildman–Crippen MR) is 111 cm³/mol. The quantitative estimate of drug-likeness (QED) is 0.703. The summed E-state index contributed by atoms with van der Waals surface area (Å²) in [5, 5.41) is 15.0. The molecule has 4 aliphatic heterocycles. The molecule has 0 amide bonds. The first-order valence-electron chi connectivity index (χ1n) is 11.4. The van der Waals surface area contributed by atoms with Gasteiger partial charge in [0.1, 0.15) is 24.0 Å². The van der Waals surface area contributed by atoms with Crippen molar-refractivity contribution in [3.05, 3.63) is 0 Å². The molecule has 4 atom stereocenters. The summed E-state index contributed by atoms with van der Waals surface area (Å²) in [6.07, 6.45) is 8.04.